The van der Waals surface area contributed by atoms with Crippen LogP contribution in [0.5, 0.6) is 0 Å². The first-order valence-corrected chi connectivity index (χ1v) is 5.26. The van der Waals surface area contributed by atoms with E-state index in [1.54, 1.807) is 0 Å². The fourth-order valence-corrected chi connectivity index (χ4v) is 1.48. The highest BCUT2D eigenvalue weighted by molar-refractivity contribution is 5.05. The summed E-state index contributed by atoms with van der Waals surface area (Å²) >= 11 is 0. The van der Waals surface area contributed by atoms with Crippen LogP contribution in [-0.4, -0.2) is 15.8 Å². The quantitative estimate of drug-likeness (QED) is 0.797. The third kappa shape index (κ3) is 2.58. The molecule has 0 aliphatic heterocycles. The number of nitrogens with one attached hydrogen (secondary N) is 1. The lowest BCUT2D eigenvalue weighted by Gasteiger charge is -2.22. The van der Waals surface area contributed by atoms with Crippen LogP contribution in [0.1, 0.15) is 39.4 Å². The number of nitrogens with zero attached hydrogens (tertiary/aromatic N) is 2. The maximum Gasteiger partial charge on any atom is 0.0547 e. The summed E-state index contributed by atoms with van der Waals surface area (Å²) in [4.78, 5) is 0. The Bertz CT molecular complexity index is 278. The van der Waals surface area contributed by atoms with Crippen molar-refractivity contribution in [2.45, 2.75) is 39.8 Å². The summed E-state index contributed by atoms with van der Waals surface area (Å²) in [6.07, 6.45) is 1.84. The molecule has 0 saturated carbocycles. The molecule has 3 nitrogen and oxygen atoms in total. The lowest BCUT2D eigenvalue weighted by Crippen LogP contribution is -2.33. The van der Waals surface area contributed by atoms with Crippen molar-refractivity contribution in [3.63, 3.8) is 0 Å². The van der Waals surface area contributed by atoms with Gasteiger partial charge in [0.25, 0.3) is 0 Å². The van der Waals surface area contributed by atoms with Crippen molar-refractivity contribution >= 4 is 0 Å². The van der Waals surface area contributed by atoms with Gasteiger partial charge in [0, 0.05) is 25.3 Å². The minimum Gasteiger partial charge on any atom is -0.306 e. The van der Waals surface area contributed by atoms with Gasteiger partial charge in [-0.25, -0.2) is 0 Å². The third-order valence-corrected chi connectivity index (χ3v) is 2.82. The molecular weight excluding hydrogens is 174 g/mol. The maximum atomic E-state index is 4.17. The molecule has 3 heteroatoms. The molecule has 2 unspecified atom stereocenters. The molecule has 2 atom stereocenters. The van der Waals surface area contributed by atoms with E-state index in [-0.39, 0.29) is 0 Å². The average molecular weight is 195 g/mol. The molecule has 1 rings (SSSR count). The number of hydrogen-bond donors (Lipinski definition) is 1. The Labute approximate surface area is 86.5 Å². The van der Waals surface area contributed by atoms with E-state index in [2.05, 4.69) is 44.2 Å². The monoisotopic (exact) mass is 195 g/mol. The van der Waals surface area contributed by atoms with Gasteiger partial charge in [-0.05, 0) is 25.8 Å². The van der Waals surface area contributed by atoms with Crippen molar-refractivity contribution in [3.05, 3.63) is 18.0 Å². The van der Waals surface area contributed by atoms with Gasteiger partial charge in [0.2, 0.25) is 0 Å². The van der Waals surface area contributed by atoms with E-state index < -0.39 is 0 Å². The third-order valence-electron chi connectivity index (χ3n) is 2.82. The van der Waals surface area contributed by atoms with Crippen molar-refractivity contribution in [1.29, 1.82) is 0 Å². The summed E-state index contributed by atoms with van der Waals surface area (Å²) in [5.41, 5.74) is 1.23. The molecule has 0 aliphatic carbocycles. The molecule has 0 aromatic carbocycles. The van der Waals surface area contributed by atoms with E-state index in [4.69, 9.17) is 0 Å². The maximum absolute atomic E-state index is 4.17. The van der Waals surface area contributed by atoms with E-state index in [0.717, 1.165) is 0 Å². The highest BCUT2D eigenvalue weighted by Gasteiger charge is 2.13. The average Bonchev–Trinajstić information content (AvgIpc) is 2.51. The Balaban J connectivity index is 2.59. The topological polar surface area (TPSA) is 29.9 Å². The predicted molar refractivity (Wildman–Crippen MR) is 59.1 cm³/mol. The largest absolute Gasteiger partial charge is 0.306 e. The fourth-order valence-electron chi connectivity index (χ4n) is 1.48. The fraction of sp³-hybridized carbons (Fsp3) is 0.727. The normalized spacial score (nSPS) is 15.9. The SMILES string of the molecule is CC(NC(C)C(C)C)c1ccnn1C. The van der Waals surface area contributed by atoms with Gasteiger partial charge in [-0.15, -0.1) is 0 Å². The molecule has 0 aliphatic rings. The smallest absolute Gasteiger partial charge is 0.0547 e. The van der Waals surface area contributed by atoms with Crippen molar-refractivity contribution in [3.8, 4) is 0 Å². The molecule has 0 amide bonds. The number of rotatable bonds is 4. The summed E-state index contributed by atoms with van der Waals surface area (Å²) in [6, 6.07) is 2.95. The predicted octanol–water partition coefficient (Wildman–Crippen LogP) is 2.12. The number of hydrogen-bond acceptors (Lipinski definition) is 2. The van der Waals surface area contributed by atoms with Crippen molar-refractivity contribution in [2.24, 2.45) is 13.0 Å². The molecule has 1 N–H and O–H groups in total. The molecule has 1 aromatic rings. The molecule has 14 heavy (non-hydrogen) atoms. The van der Waals surface area contributed by atoms with Crippen LogP contribution < -0.4 is 5.32 Å². The lowest BCUT2D eigenvalue weighted by atomic mass is 10.1. The summed E-state index contributed by atoms with van der Waals surface area (Å²) in [6.45, 7) is 8.86. The first-order valence-electron chi connectivity index (χ1n) is 5.26. The molecule has 0 radical (unpaired) electrons. The highest BCUT2D eigenvalue weighted by Crippen LogP contribution is 2.13. The van der Waals surface area contributed by atoms with Crippen LogP contribution in [0.4, 0.5) is 0 Å². The van der Waals surface area contributed by atoms with Gasteiger partial charge < -0.3 is 5.32 Å². The molecule has 1 heterocycles. The van der Waals surface area contributed by atoms with Gasteiger partial charge >= 0.3 is 0 Å². The highest BCUT2D eigenvalue weighted by atomic mass is 15.3. The van der Waals surface area contributed by atoms with Crippen LogP contribution in [-0.2, 0) is 7.05 Å². The van der Waals surface area contributed by atoms with Gasteiger partial charge in [-0.2, -0.15) is 5.10 Å². The van der Waals surface area contributed by atoms with Gasteiger partial charge in [0.15, 0.2) is 0 Å². The van der Waals surface area contributed by atoms with Crippen LogP contribution in [0.15, 0.2) is 12.3 Å². The van der Waals surface area contributed by atoms with Crippen molar-refractivity contribution in [2.75, 3.05) is 0 Å². The van der Waals surface area contributed by atoms with Crippen LogP contribution >= 0.6 is 0 Å². The molecular formula is C11H21N3. The van der Waals surface area contributed by atoms with E-state index in [1.165, 1.54) is 5.69 Å². The molecule has 0 spiro atoms. The molecule has 1 aromatic heterocycles. The van der Waals surface area contributed by atoms with Crippen LogP contribution in [0.2, 0.25) is 0 Å². The summed E-state index contributed by atoms with van der Waals surface area (Å²) in [5.74, 6) is 0.658. The number of aryl methyl sites for hydroxylation is 1. The Kier molecular flexibility index (Phi) is 3.69. The molecule has 0 bridgehead atoms. The standard InChI is InChI=1S/C11H21N3/c1-8(2)9(3)13-10(4)11-6-7-12-14(11)5/h6-10,13H,1-5H3. The zero-order chi connectivity index (χ0) is 10.7. The molecule has 0 fully saturated rings. The number of aromatic nitrogens is 2. The Morgan fingerprint density at radius 1 is 1.29 bits per heavy atom. The van der Waals surface area contributed by atoms with Gasteiger partial charge in [0.1, 0.15) is 0 Å². The van der Waals surface area contributed by atoms with Crippen LogP contribution in [0, 0.1) is 5.92 Å². The Hall–Kier alpha value is -0.830. The Morgan fingerprint density at radius 3 is 2.36 bits per heavy atom. The summed E-state index contributed by atoms with van der Waals surface area (Å²) in [7, 11) is 1.98. The second-order valence-corrected chi connectivity index (χ2v) is 4.30. The van der Waals surface area contributed by atoms with Gasteiger partial charge in [0.05, 0.1) is 5.69 Å². The lowest BCUT2D eigenvalue weighted by molar-refractivity contribution is 0.379. The molecule has 80 valence electrons. The summed E-state index contributed by atoms with van der Waals surface area (Å²) < 4.78 is 1.92. The minimum atomic E-state index is 0.361. The van der Waals surface area contributed by atoms with Crippen molar-refractivity contribution in [1.82, 2.24) is 15.1 Å². The molecule has 0 saturated heterocycles. The van der Waals surface area contributed by atoms with Crippen LogP contribution in [0.25, 0.3) is 0 Å². The van der Waals surface area contributed by atoms with E-state index in [0.29, 0.717) is 18.0 Å². The Morgan fingerprint density at radius 2 is 1.93 bits per heavy atom. The zero-order valence-corrected chi connectivity index (χ0v) is 9.78. The van der Waals surface area contributed by atoms with Crippen LogP contribution in [0.3, 0.4) is 0 Å². The minimum absolute atomic E-state index is 0.361. The second-order valence-electron chi connectivity index (χ2n) is 4.30. The summed E-state index contributed by atoms with van der Waals surface area (Å²) in [5, 5.41) is 7.73. The zero-order valence-electron chi connectivity index (χ0n) is 9.78. The first-order chi connectivity index (χ1) is 6.52. The van der Waals surface area contributed by atoms with Gasteiger partial charge in [-0.1, -0.05) is 13.8 Å². The second kappa shape index (κ2) is 4.60. The van der Waals surface area contributed by atoms with E-state index in [1.807, 2.05) is 17.9 Å². The van der Waals surface area contributed by atoms with E-state index >= 15 is 0 Å². The first kappa shape index (κ1) is 11.2. The van der Waals surface area contributed by atoms with Gasteiger partial charge in [-0.3, -0.25) is 4.68 Å². The van der Waals surface area contributed by atoms with Crippen molar-refractivity contribution < 1.29 is 0 Å². The van der Waals surface area contributed by atoms with E-state index in [9.17, 15) is 0 Å².